The van der Waals surface area contributed by atoms with E-state index >= 15 is 0 Å². The van der Waals surface area contributed by atoms with E-state index in [9.17, 15) is 14.9 Å². The quantitative estimate of drug-likeness (QED) is 0.766. The summed E-state index contributed by atoms with van der Waals surface area (Å²) in [5, 5.41) is 15.7. The largest absolute Gasteiger partial charge is 0.497 e. The zero-order chi connectivity index (χ0) is 19.1. The molecule has 1 aliphatic heterocycles. The van der Waals surface area contributed by atoms with Crippen molar-refractivity contribution in [1.29, 1.82) is 5.26 Å². The number of nitrogens with one attached hydrogen (secondary N) is 2. The van der Waals surface area contributed by atoms with Crippen molar-refractivity contribution in [2.24, 2.45) is 5.92 Å². The number of hydrogen-bond donors (Lipinski definition) is 2. The van der Waals surface area contributed by atoms with Gasteiger partial charge >= 0.3 is 0 Å². The summed E-state index contributed by atoms with van der Waals surface area (Å²) in [6, 6.07) is 9.54. The number of rotatable bonds is 7. The van der Waals surface area contributed by atoms with Crippen LogP contribution < -0.4 is 15.4 Å². The van der Waals surface area contributed by atoms with E-state index in [1.165, 1.54) is 11.8 Å². The maximum atomic E-state index is 12.1. The molecule has 1 aromatic rings. The number of allylic oxidation sites excluding steroid dienone is 1. The number of amides is 2. The highest BCUT2D eigenvalue weighted by Crippen LogP contribution is 2.36. The fraction of sp³-hybridized carbons (Fsp3) is 0.421. The normalized spacial score (nSPS) is 16.9. The van der Waals surface area contributed by atoms with Crippen molar-refractivity contribution in [3.05, 3.63) is 40.4 Å². The second kappa shape index (κ2) is 9.30. The number of thioether (sulfide) groups is 1. The van der Waals surface area contributed by atoms with Gasteiger partial charge in [0.1, 0.15) is 5.75 Å². The number of methoxy groups -OCH3 is 1. The second-order valence-electron chi connectivity index (χ2n) is 6.42. The summed E-state index contributed by atoms with van der Waals surface area (Å²) in [7, 11) is 1.59. The molecular formula is C19H23N3O3S. The molecule has 7 heteroatoms. The van der Waals surface area contributed by atoms with E-state index in [1.54, 1.807) is 7.11 Å². The number of nitrogens with zero attached hydrogens (tertiary/aromatic N) is 1. The van der Waals surface area contributed by atoms with Crippen LogP contribution in [0, 0.1) is 17.2 Å². The molecular weight excluding hydrogens is 350 g/mol. The van der Waals surface area contributed by atoms with Gasteiger partial charge in [0.15, 0.2) is 0 Å². The smallest absolute Gasteiger partial charge is 0.230 e. The number of benzene rings is 1. The van der Waals surface area contributed by atoms with Crippen LogP contribution in [0.3, 0.4) is 0 Å². The van der Waals surface area contributed by atoms with Crippen LogP contribution >= 0.6 is 11.8 Å². The number of carbonyl (C=O) groups is 2. The van der Waals surface area contributed by atoms with Gasteiger partial charge in [-0.25, -0.2) is 0 Å². The zero-order valence-corrected chi connectivity index (χ0v) is 16.0. The molecule has 0 saturated carbocycles. The van der Waals surface area contributed by atoms with Crippen molar-refractivity contribution in [3.8, 4) is 11.8 Å². The van der Waals surface area contributed by atoms with Crippen molar-refractivity contribution in [2.75, 3.05) is 19.4 Å². The van der Waals surface area contributed by atoms with Crippen LogP contribution in [0.25, 0.3) is 0 Å². The molecule has 0 unspecified atom stereocenters. The Kier molecular flexibility index (Phi) is 7.10. The topological polar surface area (TPSA) is 91.2 Å². The first-order valence-corrected chi connectivity index (χ1v) is 9.40. The van der Waals surface area contributed by atoms with Gasteiger partial charge in [-0.1, -0.05) is 37.7 Å². The molecule has 2 N–H and O–H groups in total. The zero-order valence-electron chi connectivity index (χ0n) is 15.2. The molecule has 138 valence electrons. The van der Waals surface area contributed by atoms with Crippen molar-refractivity contribution in [3.63, 3.8) is 0 Å². The minimum absolute atomic E-state index is 0.116. The summed E-state index contributed by atoms with van der Waals surface area (Å²) in [5.74, 6) is 0.646. The van der Waals surface area contributed by atoms with Crippen LogP contribution in [-0.4, -0.2) is 31.2 Å². The Morgan fingerprint density at radius 2 is 2.12 bits per heavy atom. The summed E-state index contributed by atoms with van der Waals surface area (Å²) in [6.45, 7) is 4.64. The number of hydrogen-bond acceptors (Lipinski definition) is 5. The minimum Gasteiger partial charge on any atom is -0.497 e. The molecule has 0 radical (unpaired) electrons. The predicted octanol–water partition coefficient (Wildman–Crippen LogP) is 2.54. The lowest BCUT2D eigenvalue weighted by Gasteiger charge is -2.25. The second-order valence-corrected chi connectivity index (χ2v) is 7.40. The molecule has 0 aliphatic carbocycles. The Balaban J connectivity index is 2.16. The molecule has 6 nitrogen and oxygen atoms in total. The van der Waals surface area contributed by atoms with Gasteiger partial charge in [-0.2, -0.15) is 5.26 Å². The van der Waals surface area contributed by atoms with Gasteiger partial charge < -0.3 is 15.4 Å². The van der Waals surface area contributed by atoms with Crippen LogP contribution in [0.5, 0.6) is 5.75 Å². The summed E-state index contributed by atoms with van der Waals surface area (Å²) in [4.78, 5) is 24.0. The van der Waals surface area contributed by atoms with Crippen LogP contribution in [0.4, 0.5) is 0 Å². The van der Waals surface area contributed by atoms with Gasteiger partial charge in [0.05, 0.1) is 29.5 Å². The first kappa shape index (κ1) is 19.9. The highest BCUT2D eigenvalue weighted by atomic mass is 32.2. The van der Waals surface area contributed by atoms with E-state index in [2.05, 4.69) is 16.7 Å². The molecule has 0 spiro atoms. The Morgan fingerprint density at radius 3 is 2.69 bits per heavy atom. The SMILES string of the molecule is COc1ccc([C@@H]2CC(=O)NC(SCC(=O)NCC(C)C)=C2C#N)cc1. The lowest BCUT2D eigenvalue weighted by atomic mass is 9.87. The van der Waals surface area contributed by atoms with Gasteiger partial charge in [0.25, 0.3) is 0 Å². The molecule has 0 fully saturated rings. The van der Waals surface area contributed by atoms with Crippen LogP contribution in [0.2, 0.25) is 0 Å². The third-order valence-corrected chi connectivity index (χ3v) is 4.95. The third-order valence-electron chi connectivity index (χ3n) is 3.93. The van der Waals surface area contributed by atoms with Crippen molar-refractivity contribution < 1.29 is 14.3 Å². The molecule has 0 aromatic heterocycles. The van der Waals surface area contributed by atoms with E-state index in [1.807, 2.05) is 38.1 Å². The predicted molar refractivity (Wildman–Crippen MR) is 101 cm³/mol. The lowest BCUT2D eigenvalue weighted by Crippen LogP contribution is -2.33. The first-order valence-electron chi connectivity index (χ1n) is 8.42. The molecule has 2 rings (SSSR count). The molecule has 1 atom stereocenters. The summed E-state index contributed by atoms with van der Waals surface area (Å²) >= 11 is 1.19. The molecule has 0 saturated heterocycles. The minimum atomic E-state index is -0.319. The Labute approximate surface area is 158 Å². The van der Waals surface area contributed by atoms with Crippen molar-refractivity contribution >= 4 is 23.6 Å². The molecule has 1 aromatic carbocycles. The molecule has 26 heavy (non-hydrogen) atoms. The summed E-state index contributed by atoms with van der Waals surface area (Å²) < 4.78 is 5.15. The van der Waals surface area contributed by atoms with E-state index in [-0.39, 0.29) is 29.9 Å². The summed E-state index contributed by atoms with van der Waals surface area (Å²) in [6.07, 6.45) is 0.207. The highest BCUT2D eigenvalue weighted by molar-refractivity contribution is 8.03. The van der Waals surface area contributed by atoms with E-state index in [0.717, 1.165) is 5.56 Å². The Hall–Kier alpha value is -2.46. The van der Waals surface area contributed by atoms with E-state index < -0.39 is 0 Å². The average Bonchev–Trinajstić information content (AvgIpc) is 2.64. The third kappa shape index (κ3) is 5.27. The first-order chi connectivity index (χ1) is 12.4. The van der Waals surface area contributed by atoms with Gasteiger partial charge in [-0.05, 0) is 23.6 Å². The Bertz CT molecular complexity index is 735. The van der Waals surface area contributed by atoms with Crippen molar-refractivity contribution in [2.45, 2.75) is 26.2 Å². The molecule has 1 aliphatic rings. The summed E-state index contributed by atoms with van der Waals surface area (Å²) in [5.41, 5.74) is 1.36. The fourth-order valence-electron chi connectivity index (χ4n) is 2.56. The van der Waals surface area contributed by atoms with Gasteiger partial charge in [-0.15, -0.1) is 0 Å². The number of ether oxygens (including phenoxy) is 1. The lowest BCUT2D eigenvalue weighted by molar-refractivity contribution is -0.121. The maximum absolute atomic E-state index is 12.1. The number of nitriles is 1. The fourth-order valence-corrected chi connectivity index (χ4v) is 3.47. The van der Waals surface area contributed by atoms with Crippen molar-refractivity contribution in [1.82, 2.24) is 10.6 Å². The average molecular weight is 373 g/mol. The van der Waals surface area contributed by atoms with Gasteiger partial charge in [0, 0.05) is 18.9 Å². The molecule has 0 bridgehead atoms. The Morgan fingerprint density at radius 1 is 1.42 bits per heavy atom. The van der Waals surface area contributed by atoms with E-state index in [0.29, 0.717) is 28.8 Å². The van der Waals surface area contributed by atoms with Gasteiger partial charge in [-0.3, -0.25) is 9.59 Å². The standard InChI is InChI=1S/C19H23N3O3S/c1-12(2)10-21-18(24)11-26-19-16(9-20)15(8-17(23)22-19)13-4-6-14(25-3)7-5-13/h4-7,12,15H,8,10-11H2,1-3H3,(H,21,24)(H,22,23)/t15-/m0/s1. The maximum Gasteiger partial charge on any atom is 0.230 e. The molecule has 1 heterocycles. The molecule has 2 amide bonds. The van der Waals surface area contributed by atoms with Crippen LogP contribution in [-0.2, 0) is 9.59 Å². The van der Waals surface area contributed by atoms with Crippen LogP contribution in [0.1, 0.15) is 31.7 Å². The van der Waals surface area contributed by atoms with E-state index in [4.69, 9.17) is 4.74 Å². The monoisotopic (exact) mass is 373 g/mol. The number of carbonyl (C=O) groups excluding carboxylic acids is 2. The van der Waals surface area contributed by atoms with Crippen LogP contribution in [0.15, 0.2) is 34.9 Å². The van der Waals surface area contributed by atoms with Gasteiger partial charge in [0.2, 0.25) is 11.8 Å². The highest BCUT2D eigenvalue weighted by Gasteiger charge is 2.29.